The molecule has 2 N–H and O–H groups in total. The molecule has 112 valence electrons. The predicted molar refractivity (Wildman–Crippen MR) is 75.4 cm³/mol. The number of fused-ring (bicyclic) bond motifs is 1. The Labute approximate surface area is 123 Å². The van der Waals surface area contributed by atoms with Crippen LogP contribution in [0.3, 0.4) is 0 Å². The van der Waals surface area contributed by atoms with Crippen LogP contribution in [-0.2, 0) is 22.4 Å². The number of imidazole rings is 1. The summed E-state index contributed by atoms with van der Waals surface area (Å²) in [5.41, 5.74) is 2.18. The first kappa shape index (κ1) is 12.9. The van der Waals surface area contributed by atoms with E-state index in [1.54, 1.807) is 6.33 Å². The summed E-state index contributed by atoms with van der Waals surface area (Å²) in [6.07, 6.45) is 6.84. The van der Waals surface area contributed by atoms with Crippen molar-refractivity contribution in [2.24, 2.45) is 5.92 Å². The van der Waals surface area contributed by atoms with Gasteiger partial charge in [-0.1, -0.05) is 0 Å². The van der Waals surface area contributed by atoms with E-state index in [1.807, 2.05) is 4.90 Å². The zero-order valence-electron chi connectivity index (χ0n) is 12.0. The first-order valence-corrected chi connectivity index (χ1v) is 7.81. The number of hydrogen-bond donors (Lipinski definition) is 2. The van der Waals surface area contributed by atoms with Crippen LogP contribution in [0.4, 0.5) is 0 Å². The molecule has 2 fully saturated rings. The van der Waals surface area contributed by atoms with Crippen molar-refractivity contribution < 1.29 is 9.59 Å². The Morgan fingerprint density at radius 3 is 3.00 bits per heavy atom. The molecule has 1 aromatic rings. The molecule has 4 rings (SSSR count). The first-order chi connectivity index (χ1) is 10.2. The lowest BCUT2D eigenvalue weighted by atomic mass is 9.89. The van der Waals surface area contributed by atoms with E-state index in [9.17, 15) is 9.59 Å². The topological polar surface area (TPSA) is 78.1 Å². The highest BCUT2D eigenvalue weighted by atomic mass is 16.2. The quantitative estimate of drug-likeness (QED) is 0.845. The Kier molecular flexibility index (Phi) is 2.97. The number of nitrogens with one attached hydrogen (secondary N) is 2. The maximum absolute atomic E-state index is 12.4. The maximum atomic E-state index is 12.4. The van der Waals surface area contributed by atoms with Gasteiger partial charge in [-0.15, -0.1) is 0 Å². The molecule has 1 aromatic heterocycles. The molecule has 2 aliphatic carbocycles. The molecular formula is C15H20N4O2. The van der Waals surface area contributed by atoms with E-state index >= 15 is 0 Å². The number of aromatic amines is 1. The number of likely N-dealkylation sites (tertiary alicyclic amines) is 1. The Hall–Kier alpha value is -1.85. The molecule has 2 atom stereocenters. The van der Waals surface area contributed by atoms with E-state index in [-0.39, 0.29) is 23.8 Å². The van der Waals surface area contributed by atoms with Crippen molar-refractivity contribution in [1.29, 1.82) is 0 Å². The van der Waals surface area contributed by atoms with Crippen molar-refractivity contribution >= 4 is 11.8 Å². The lowest BCUT2D eigenvalue weighted by molar-refractivity contribution is -0.128. The van der Waals surface area contributed by atoms with E-state index in [0.717, 1.165) is 43.5 Å². The lowest BCUT2D eigenvalue weighted by Gasteiger charge is -2.23. The number of nitrogens with zero attached hydrogens (tertiary/aromatic N) is 2. The third kappa shape index (κ3) is 2.43. The number of hydrogen-bond acceptors (Lipinski definition) is 3. The summed E-state index contributed by atoms with van der Waals surface area (Å²) < 4.78 is 0. The third-order valence-electron chi connectivity index (χ3n) is 4.85. The lowest BCUT2D eigenvalue weighted by Crippen LogP contribution is -2.42. The SMILES string of the molecule is O=C(N[C@@H]1CC(=O)N(C2CC2)C1)[C@@H]1CCc2nc[nH]c2C1. The Morgan fingerprint density at radius 2 is 2.19 bits per heavy atom. The fourth-order valence-electron chi connectivity index (χ4n) is 3.51. The zero-order valence-corrected chi connectivity index (χ0v) is 12.0. The van der Waals surface area contributed by atoms with E-state index in [4.69, 9.17) is 0 Å². The van der Waals surface area contributed by atoms with Crippen molar-refractivity contribution in [2.75, 3.05) is 6.54 Å². The highest BCUT2D eigenvalue weighted by molar-refractivity contribution is 5.83. The van der Waals surface area contributed by atoms with Crippen LogP contribution >= 0.6 is 0 Å². The molecule has 1 saturated carbocycles. The molecule has 6 nitrogen and oxygen atoms in total. The van der Waals surface area contributed by atoms with Crippen LogP contribution in [0.2, 0.25) is 0 Å². The Balaban J connectivity index is 1.35. The van der Waals surface area contributed by atoms with Crippen LogP contribution < -0.4 is 5.32 Å². The molecule has 0 spiro atoms. The molecule has 0 aromatic carbocycles. The van der Waals surface area contributed by atoms with Crippen molar-refractivity contribution in [1.82, 2.24) is 20.2 Å². The van der Waals surface area contributed by atoms with Crippen LogP contribution in [0.1, 0.15) is 37.1 Å². The third-order valence-corrected chi connectivity index (χ3v) is 4.85. The summed E-state index contributed by atoms with van der Waals surface area (Å²) in [5, 5.41) is 3.08. The number of aromatic nitrogens is 2. The number of carbonyl (C=O) groups is 2. The number of rotatable bonds is 3. The maximum Gasteiger partial charge on any atom is 0.225 e. The Morgan fingerprint density at radius 1 is 1.33 bits per heavy atom. The molecular weight excluding hydrogens is 268 g/mol. The van der Waals surface area contributed by atoms with Gasteiger partial charge in [-0.3, -0.25) is 9.59 Å². The fourth-order valence-corrected chi connectivity index (χ4v) is 3.51. The van der Waals surface area contributed by atoms with Gasteiger partial charge in [0.25, 0.3) is 0 Å². The van der Waals surface area contributed by atoms with Gasteiger partial charge in [-0.2, -0.15) is 0 Å². The molecule has 0 radical (unpaired) electrons. The largest absolute Gasteiger partial charge is 0.351 e. The molecule has 3 aliphatic rings. The molecule has 2 heterocycles. The average Bonchev–Trinajstić information content (AvgIpc) is 3.09. The summed E-state index contributed by atoms with van der Waals surface area (Å²) in [4.78, 5) is 33.6. The zero-order chi connectivity index (χ0) is 14.4. The summed E-state index contributed by atoms with van der Waals surface area (Å²) >= 11 is 0. The Bertz CT molecular complexity index is 578. The molecule has 2 amide bonds. The molecule has 21 heavy (non-hydrogen) atoms. The second-order valence-electron chi connectivity index (χ2n) is 6.45. The van der Waals surface area contributed by atoms with Crippen molar-refractivity contribution in [3.63, 3.8) is 0 Å². The van der Waals surface area contributed by atoms with Gasteiger partial charge in [-0.05, 0) is 25.7 Å². The highest BCUT2D eigenvalue weighted by Gasteiger charge is 2.40. The molecule has 0 unspecified atom stereocenters. The van der Waals surface area contributed by atoms with Crippen molar-refractivity contribution in [3.8, 4) is 0 Å². The molecule has 1 saturated heterocycles. The van der Waals surface area contributed by atoms with Crippen LogP contribution in [0.15, 0.2) is 6.33 Å². The number of amides is 2. The van der Waals surface area contributed by atoms with E-state index in [2.05, 4.69) is 15.3 Å². The normalized spacial score (nSPS) is 28.6. The minimum Gasteiger partial charge on any atom is -0.351 e. The van der Waals surface area contributed by atoms with Gasteiger partial charge in [0, 0.05) is 37.0 Å². The van der Waals surface area contributed by atoms with E-state index in [1.165, 1.54) is 0 Å². The molecule has 0 bridgehead atoms. The predicted octanol–water partition coefficient (Wildman–Crippen LogP) is 0.394. The van der Waals surface area contributed by atoms with E-state index in [0.29, 0.717) is 19.0 Å². The van der Waals surface area contributed by atoms with Gasteiger partial charge in [0.1, 0.15) is 0 Å². The number of carbonyl (C=O) groups excluding carboxylic acids is 2. The van der Waals surface area contributed by atoms with Gasteiger partial charge in [0.2, 0.25) is 11.8 Å². The monoisotopic (exact) mass is 288 g/mol. The first-order valence-electron chi connectivity index (χ1n) is 7.81. The number of aryl methyl sites for hydroxylation is 1. The van der Waals surface area contributed by atoms with Gasteiger partial charge in [0.15, 0.2) is 0 Å². The summed E-state index contributed by atoms with van der Waals surface area (Å²) in [5.74, 6) is 0.288. The van der Waals surface area contributed by atoms with Gasteiger partial charge >= 0.3 is 0 Å². The van der Waals surface area contributed by atoms with Gasteiger partial charge in [-0.25, -0.2) is 4.98 Å². The van der Waals surface area contributed by atoms with Crippen LogP contribution in [0, 0.1) is 5.92 Å². The van der Waals surface area contributed by atoms with Crippen LogP contribution in [0.5, 0.6) is 0 Å². The van der Waals surface area contributed by atoms with Crippen LogP contribution in [-0.4, -0.2) is 45.3 Å². The van der Waals surface area contributed by atoms with E-state index < -0.39 is 0 Å². The minimum absolute atomic E-state index is 0.00280. The summed E-state index contributed by atoms with van der Waals surface area (Å²) in [7, 11) is 0. The van der Waals surface area contributed by atoms with Gasteiger partial charge < -0.3 is 15.2 Å². The van der Waals surface area contributed by atoms with Crippen LogP contribution in [0.25, 0.3) is 0 Å². The summed E-state index contributed by atoms with van der Waals surface area (Å²) in [6, 6.07) is 0.440. The molecule has 6 heteroatoms. The average molecular weight is 288 g/mol. The van der Waals surface area contributed by atoms with Gasteiger partial charge in [0.05, 0.1) is 18.1 Å². The minimum atomic E-state index is -0.00577. The second kappa shape index (κ2) is 4.86. The smallest absolute Gasteiger partial charge is 0.225 e. The second-order valence-corrected chi connectivity index (χ2v) is 6.45. The summed E-state index contributed by atoms with van der Waals surface area (Å²) in [6.45, 7) is 0.692. The molecule has 1 aliphatic heterocycles. The standard InChI is InChI=1S/C15H20N4O2/c20-14-6-10(7-19(14)11-2-3-11)18-15(21)9-1-4-12-13(5-9)17-8-16-12/h8-11H,1-7H2,(H,16,17)(H,18,21)/t9-,10-/m1/s1. The fraction of sp³-hybridized carbons (Fsp3) is 0.667. The number of H-pyrrole nitrogens is 1. The van der Waals surface area contributed by atoms with Crippen molar-refractivity contribution in [3.05, 3.63) is 17.7 Å². The van der Waals surface area contributed by atoms with Crippen molar-refractivity contribution in [2.45, 2.75) is 50.6 Å². The highest BCUT2D eigenvalue weighted by Crippen LogP contribution is 2.31.